The Morgan fingerprint density at radius 1 is 1.37 bits per heavy atom. The summed E-state index contributed by atoms with van der Waals surface area (Å²) in [5, 5.41) is 9.37. The maximum absolute atomic E-state index is 11.8. The number of H-pyrrole nitrogens is 1. The fraction of sp³-hybridized carbons (Fsp3) is 0.650. The average molecular weight is 390 g/mol. The number of nitrogens with two attached hydrogens (primary N) is 1. The van der Waals surface area contributed by atoms with Gasteiger partial charge in [-0.1, -0.05) is 13.8 Å². The zero-order chi connectivity index (χ0) is 19.3. The Bertz CT molecular complexity index is 944. The molecule has 1 unspecified atom stereocenters. The first-order valence-corrected chi connectivity index (χ1v) is 10.6. The van der Waals surface area contributed by atoms with E-state index in [-0.39, 0.29) is 11.4 Å². The van der Waals surface area contributed by atoms with Crippen LogP contribution in [0.2, 0.25) is 0 Å². The number of aromatic carboxylic acids is 1. The Hall–Kier alpha value is -1.73. The zero-order valence-electron chi connectivity index (χ0n) is 15.9. The van der Waals surface area contributed by atoms with Gasteiger partial charge in [-0.25, -0.2) is 9.78 Å². The number of hydrogen-bond acceptors (Lipinski definition) is 5. The first-order chi connectivity index (χ1) is 12.8. The summed E-state index contributed by atoms with van der Waals surface area (Å²) in [6.45, 7) is 5.77. The van der Waals surface area contributed by atoms with Crippen LogP contribution in [0.15, 0.2) is 4.79 Å². The minimum absolute atomic E-state index is 0.280. The summed E-state index contributed by atoms with van der Waals surface area (Å²) in [6, 6.07) is 0. The lowest BCUT2D eigenvalue weighted by atomic mass is 9.45. The molecule has 2 bridgehead atoms. The lowest BCUT2D eigenvalue weighted by Gasteiger charge is -2.60. The number of nitrogens with zero attached hydrogens (tertiary/aromatic N) is 1. The second-order valence-electron chi connectivity index (χ2n) is 8.69. The van der Waals surface area contributed by atoms with E-state index in [0.717, 1.165) is 49.1 Å². The average Bonchev–Trinajstić information content (AvgIpc) is 3.22. The van der Waals surface area contributed by atoms with Crippen LogP contribution in [0.1, 0.15) is 60.6 Å². The third-order valence-corrected chi connectivity index (χ3v) is 8.27. The zero-order valence-corrected chi connectivity index (χ0v) is 16.7. The van der Waals surface area contributed by atoms with E-state index in [1.165, 1.54) is 35.5 Å². The molecule has 6 nitrogen and oxygen atoms in total. The quantitative estimate of drug-likeness (QED) is 0.731. The third-order valence-electron chi connectivity index (χ3n) is 7.08. The maximum atomic E-state index is 11.8. The van der Waals surface area contributed by atoms with Gasteiger partial charge in [0.05, 0.1) is 5.39 Å². The summed E-state index contributed by atoms with van der Waals surface area (Å²) in [4.78, 5) is 30.5. The number of carboxylic acids is 1. The molecule has 3 fully saturated rings. The number of carbonyl (C=O) groups is 1. The summed E-state index contributed by atoms with van der Waals surface area (Å²) in [6.07, 6.45) is 7.23. The van der Waals surface area contributed by atoms with Crippen LogP contribution in [0.25, 0.3) is 10.2 Å². The highest BCUT2D eigenvalue weighted by Gasteiger charge is 2.53. The molecule has 2 aromatic heterocycles. The first-order valence-electron chi connectivity index (χ1n) is 9.80. The van der Waals surface area contributed by atoms with Crippen molar-refractivity contribution >= 4 is 27.5 Å². The Morgan fingerprint density at radius 3 is 2.74 bits per heavy atom. The summed E-state index contributed by atoms with van der Waals surface area (Å²) >= 11 is 1.44. The highest BCUT2D eigenvalue weighted by Crippen LogP contribution is 2.60. The highest BCUT2D eigenvalue weighted by molar-refractivity contribution is 7.18. The van der Waals surface area contributed by atoms with Crippen LogP contribution in [-0.4, -0.2) is 27.6 Å². The minimum atomic E-state index is -1.20. The van der Waals surface area contributed by atoms with Crippen LogP contribution in [0, 0.1) is 23.2 Å². The maximum Gasteiger partial charge on any atom is 0.372 e. The Kier molecular flexibility index (Phi) is 4.63. The van der Waals surface area contributed by atoms with E-state index >= 15 is 0 Å². The van der Waals surface area contributed by atoms with Crippen molar-refractivity contribution in [2.75, 3.05) is 6.54 Å². The number of aromatic nitrogens is 2. The van der Waals surface area contributed by atoms with Crippen molar-refractivity contribution in [1.82, 2.24) is 9.97 Å². The molecule has 0 amide bonds. The molecule has 27 heavy (non-hydrogen) atoms. The molecule has 0 aromatic carbocycles. The van der Waals surface area contributed by atoms with Gasteiger partial charge in [0.15, 0.2) is 0 Å². The van der Waals surface area contributed by atoms with Gasteiger partial charge in [0.2, 0.25) is 5.82 Å². The van der Waals surface area contributed by atoms with Gasteiger partial charge in [0.25, 0.3) is 5.56 Å². The molecular weight excluding hydrogens is 362 g/mol. The lowest BCUT2D eigenvalue weighted by Crippen LogP contribution is -2.53. The molecule has 146 valence electrons. The standard InChI is InChI=1S/C10H8N2O3S.C10H19N/c13-8-6-4-2-1-3-5(4)16-9(6)12-7(11-8)10(14)15;1-10(2)8-4-3-7(6-11)9(10)5-8/h1-3H2,(H,14,15)(H,11,12,13);7-9H,3-6,11H2,1-2H3/t;7?,8-,9-/m.0/s1. The molecule has 3 atom stereocenters. The van der Waals surface area contributed by atoms with Crippen molar-refractivity contribution in [3.63, 3.8) is 0 Å². The number of aromatic amines is 1. The van der Waals surface area contributed by atoms with Gasteiger partial charge in [0.1, 0.15) is 4.83 Å². The number of rotatable bonds is 2. The SMILES string of the molecule is CC1(C)[C@H]2CCC(CN)[C@@H]1C2.O=C(O)c1nc2sc3c(c2c(=O)[nH]1)CCC3. The van der Waals surface area contributed by atoms with Gasteiger partial charge >= 0.3 is 5.97 Å². The fourth-order valence-corrected chi connectivity index (χ4v) is 6.61. The Labute approximate surface area is 162 Å². The van der Waals surface area contributed by atoms with E-state index < -0.39 is 5.97 Å². The summed E-state index contributed by atoms with van der Waals surface area (Å²) < 4.78 is 0. The molecule has 0 spiro atoms. The van der Waals surface area contributed by atoms with E-state index in [2.05, 4.69) is 23.8 Å². The number of carboxylic acid groups (broad SMARTS) is 1. The van der Waals surface area contributed by atoms with Crippen LogP contribution >= 0.6 is 11.3 Å². The van der Waals surface area contributed by atoms with Gasteiger partial charge in [0, 0.05) is 4.88 Å². The van der Waals surface area contributed by atoms with E-state index in [9.17, 15) is 9.59 Å². The van der Waals surface area contributed by atoms with Crippen molar-refractivity contribution in [3.8, 4) is 0 Å². The van der Waals surface area contributed by atoms with Crippen molar-refractivity contribution in [2.45, 2.75) is 52.4 Å². The topological polar surface area (TPSA) is 109 Å². The van der Waals surface area contributed by atoms with Gasteiger partial charge in [-0.2, -0.15) is 0 Å². The van der Waals surface area contributed by atoms with Crippen LogP contribution < -0.4 is 11.3 Å². The van der Waals surface area contributed by atoms with Gasteiger partial charge < -0.3 is 15.8 Å². The molecule has 0 radical (unpaired) electrons. The molecule has 4 aliphatic rings. The Morgan fingerprint density at radius 2 is 2.15 bits per heavy atom. The van der Waals surface area contributed by atoms with Crippen molar-refractivity contribution in [3.05, 3.63) is 26.6 Å². The largest absolute Gasteiger partial charge is 0.475 e. The molecule has 0 saturated heterocycles. The van der Waals surface area contributed by atoms with Crippen LogP contribution in [0.4, 0.5) is 0 Å². The lowest BCUT2D eigenvalue weighted by molar-refractivity contribution is -0.101. The van der Waals surface area contributed by atoms with Crippen LogP contribution in [0.3, 0.4) is 0 Å². The number of thiophene rings is 1. The fourth-order valence-electron chi connectivity index (χ4n) is 5.35. The normalized spacial score (nSPS) is 27.4. The van der Waals surface area contributed by atoms with E-state index in [4.69, 9.17) is 10.8 Å². The van der Waals surface area contributed by atoms with Crippen molar-refractivity contribution in [1.29, 1.82) is 0 Å². The monoisotopic (exact) mass is 389 g/mol. The number of nitrogens with one attached hydrogen (secondary N) is 1. The first kappa shape index (κ1) is 18.6. The van der Waals surface area contributed by atoms with Crippen LogP contribution in [0.5, 0.6) is 0 Å². The Balaban J connectivity index is 0.000000143. The number of fused-ring (bicyclic) bond motifs is 5. The summed E-state index contributed by atoms with van der Waals surface area (Å²) in [5.41, 5.74) is 7.10. The van der Waals surface area contributed by atoms with Crippen molar-refractivity contribution < 1.29 is 9.90 Å². The smallest absolute Gasteiger partial charge is 0.372 e. The molecule has 6 rings (SSSR count). The second-order valence-corrected chi connectivity index (χ2v) is 9.77. The number of aryl methyl sites for hydroxylation is 2. The highest BCUT2D eigenvalue weighted by atomic mass is 32.1. The molecule has 3 saturated carbocycles. The summed E-state index contributed by atoms with van der Waals surface area (Å²) in [7, 11) is 0. The molecule has 2 aromatic rings. The van der Waals surface area contributed by atoms with Gasteiger partial charge in [-0.05, 0) is 73.8 Å². The van der Waals surface area contributed by atoms with Crippen molar-refractivity contribution in [2.24, 2.45) is 28.9 Å². The van der Waals surface area contributed by atoms with E-state index in [1.54, 1.807) is 0 Å². The number of hydrogen-bond donors (Lipinski definition) is 3. The molecular formula is C20H27N3O3S. The second kappa shape index (κ2) is 6.71. The van der Waals surface area contributed by atoms with Gasteiger partial charge in [-0.15, -0.1) is 11.3 Å². The molecule has 4 aliphatic carbocycles. The molecule has 0 aliphatic heterocycles. The predicted molar refractivity (Wildman–Crippen MR) is 106 cm³/mol. The third kappa shape index (κ3) is 3.01. The minimum Gasteiger partial charge on any atom is -0.475 e. The predicted octanol–water partition coefficient (Wildman–Crippen LogP) is 3.19. The van der Waals surface area contributed by atoms with E-state index in [1.807, 2.05) is 0 Å². The summed E-state index contributed by atoms with van der Waals surface area (Å²) in [5.74, 6) is 1.33. The van der Waals surface area contributed by atoms with E-state index in [0.29, 0.717) is 15.6 Å². The molecule has 2 heterocycles. The van der Waals surface area contributed by atoms with Crippen LogP contribution in [-0.2, 0) is 12.8 Å². The van der Waals surface area contributed by atoms with Gasteiger partial charge in [-0.3, -0.25) is 4.79 Å². The molecule has 4 N–H and O–H groups in total. The molecule has 7 heteroatoms.